The number of thiocarbonyl (C=S) groups is 1. The molecule has 0 unspecified atom stereocenters. The summed E-state index contributed by atoms with van der Waals surface area (Å²) in [7, 11) is 1.28. The average molecular weight is 341 g/mol. The summed E-state index contributed by atoms with van der Waals surface area (Å²) in [5.41, 5.74) is 0.739. The van der Waals surface area contributed by atoms with Gasteiger partial charge in [0.25, 0.3) is 5.91 Å². The van der Waals surface area contributed by atoms with E-state index in [0.29, 0.717) is 10.8 Å². The van der Waals surface area contributed by atoms with Crippen LogP contribution in [0.1, 0.15) is 30.1 Å². The van der Waals surface area contributed by atoms with E-state index in [2.05, 4.69) is 6.92 Å². The molecule has 0 radical (unpaired) electrons. The van der Waals surface area contributed by atoms with Crippen molar-refractivity contribution in [2.45, 2.75) is 19.8 Å². The Hall–Kier alpha value is -1.66. The summed E-state index contributed by atoms with van der Waals surface area (Å²) in [5.74, 6) is -0.661. The number of rotatable bonds is 5. The molecule has 1 aliphatic heterocycles. The van der Waals surface area contributed by atoms with Gasteiger partial charge in [0.2, 0.25) is 0 Å². The number of hydrogen-bond donors (Lipinski definition) is 0. The molecule has 2 rings (SSSR count). The van der Waals surface area contributed by atoms with E-state index in [-0.39, 0.29) is 23.0 Å². The van der Waals surface area contributed by atoms with Gasteiger partial charge in [0.05, 0.1) is 29.9 Å². The molecule has 1 amide bonds. The summed E-state index contributed by atoms with van der Waals surface area (Å²) < 4.78 is 4.69. The van der Waals surface area contributed by atoms with E-state index in [0.717, 1.165) is 19.4 Å². The third-order valence-corrected chi connectivity index (χ3v) is 4.20. The Morgan fingerprint density at radius 2 is 2.18 bits per heavy atom. The van der Waals surface area contributed by atoms with E-state index in [9.17, 15) is 9.59 Å². The van der Waals surface area contributed by atoms with Crippen LogP contribution < -0.4 is 4.90 Å². The second kappa shape index (κ2) is 7.07. The summed E-state index contributed by atoms with van der Waals surface area (Å²) in [5, 5.41) is 0.729. The number of carbonyl (C=O) groups excluding carboxylic acids is 2. The number of unbranched alkanes of at least 4 members (excludes halogenated alkanes) is 1. The molecule has 0 spiro atoms. The summed E-state index contributed by atoms with van der Waals surface area (Å²) in [6, 6.07) is 4.76. The van der Waals surface area contributed by atoms with Crippen LogP contribution in [0, 0.1) is 0 Å². The van der Waals surface area contributed by atoms with E-state index in [1.54, 1.807) is 12.1 Å². The van der Waals surface area contributed by atoms with Gasteiger partial charge in [0.15, 0.2) is 5.11 Å². The number of methoxy groups -OCH3 is 1. The lowest BCUT2D eigenvalue weighted by atomic mass is 10.2. The molecular formula is C15H17ClN2O3S. The van der Waals surface area contributed by atoms with Gasteiger partial charge in [-0.05, 0) is 36.8 Å². The molecule has 0 bridgehead atoms. The highest BCUT2D eigenvalue weighted by atomic mass is 35.5. The van der Waals surface area contributed by atoms with Crippen LogP contribution in [0.3, 0.4) is 0 Å². The molecule has 1 aromatic rings. The third-order valence-electron chi connectivity index (χ3n) is 3.43. The maximum absolute atomic E-state index is 12.2. The van der Waals surface area contributed by atoms with E-state index < -0.39 is 5.97 Å². The Morgan fingerprint density at radius 1 is 1.45 bits per heavy atom. The molecule has 1 aliphatic rings. The fraction of sp³-hybridized carbons (Fsp3) is 0.400. The van der Waals surface area contributed by atoms with Crippen molar-refractivity contribution in [2.24, 2.45) is 0 Å². The Kier molecular flexibility index (Phi) is 5.37. The first kappa shape index (κ1) is 16.7. The monoisotopic (exact) mass is 340 g/mol. The van der Waals surface area contributed by atoms with Gasteiger partial charge >= 0.3 is 5.97 Å². The fourth-order valence-electron chi connectivity index (χ4n) is 2.25. The highest BCUT2D eigenvalue weighted by molar-refractivity contribution is 7.80. The van der Waals surface area contributed by atoms with Crippen molar-refractivity contribution in [3.63, 3.8) is 0 Å². The van der Waals surface area contributed by atoms with Gasteiger partial charge in [0.1, 0.15) is 0 Å². The topological polar surface area (TPSA) is 49.9 Å². The van der Waals surface area contributed by atoms with Gasteiger partial charge in [-0.2, -0.15) is 0 Å². The number of ether oxygens (including phenoxy) is 1. The molecule has 0 aromatic heterocycles. The zero-order valence-corrected chi connectivity index (χ0v) is 14.0. The molecule has 118 valence electrons. The van der Waals surface area contributed by atoms with Gasteiger partial charge in [-0.15, -0.1) is 0 Å². The number of hydrogen-bond acceptors (Lipinski definition) is 4. The number of esters is 1. The van der Waals surface area contributed by atoms with Crippen LogP contribution in [0.15, 0.2) is 18.2 Å². The lowest BCUT2D eigenvalue weighted by molar-refractivity contribution is -0.116. The number of anilines is 1. The number of nitrogens with zero attached hydrogens (tertiary/aromatic N) is 2. The second-order valence-corrected chi connectivity index (χ2v) is 5.71. The van der Waals surface area contributed by atoms with Crippen molar-refractivity contribution in [3.8, 4) is 0 Å². The lowest BCUT2D eigenvalue weighted by Gasteiger charge is -2.20. The fourth-order valence-corrected chi connectivity index (χ4v) is 2.80. The van der Waals surface area contributed by atoms with Crippen LogP contribution in [0.2, 0.25) is 5.02 Å². The standard InChI is InChI=1S/C15H17ClN2O3S/c1-3-4-7-17-9-13(19)18(15(17)22)10-5-6-12(16)11(8-10)14(20)21-2/h5-6,8H,3-4,7,9H2,1-2H3. The van der Waals surface area contributed by atoms with Crippen LogP contribution in [0.4, 0.5) is 5.69 Å². The minimum atomic E-state index is -0.549. The molecule has 1 aromatic carbocycles. The quantitative estimate of drug-likeness (QED) is 0.609. The van der Waals surface area contributed by atoms with Crippen LogP contribution in [-0.4, -0.2) is 42.1 Å². The van der Waals surface area contributed by atoms with Crippen molar-refractivity contribution in [3.05, 3.63) is 28.8 Å². The molecule has 0 saturated carbocycles. The Bertz CT molecular complexity index is 621. The number of halogens is 1. The Morgan fingerprint density at radius 3 is 2.82 bits per heavy atom. The SMILES string of the molecule is CCCCN1CC(=O)N(c2ccc(Cl)c(C(=O)OC)c2)C1=S. The van der Waals surface area contributed by atoms with E-state index in [4.69, 9.17) is 28.6 Å². The molecular weight excluding hydrogens is 324 g/mol. The van der Waals surface area contributed by atoms with Crippen LogP contribution in [0.25, 0.3) is 0 Å². The van der Waals surface area contributed by atoms with Gasteiger partial charge in [-0.3, -0.25) is 9.69 Å². The Balaban J connectivity index is 2.30. The van der Waals surface area contributed by atoms with Crippen LogP contribution >= 0.6 is 23.8 Å². The average Bonchev–Trinajstić information content (AvgIpc) is 2.79. The number of benzene rings is 1. The molecule has 7 heteroatoms. The third kappa shape index (κ3) is 3.23. The summed E-state index contributed by atoms with van der Waals surface area (Å²) >= 11 is 11.4. The smallest absolute Gasteiger partial charge is 0.339 e. The van der Waals surface area contributed by atoms with E-state index in [1.807, 2.05) is 4.90 Å². The molecule has 22 heavy (non-hydrogen) atoms. The maximum Gasteiger partial charge on any atom is 0.339 e. The molecule has 5 nitrogen and oxygen atoms in total. The van der Waals surface area contributed by atoms with Gasteiger partial charge in [-0.1, -0.05) is 24.9 Å². The van der Waals surface area contributed by atoms with Crippen molar-refractivity contribution in [1.29, 1.82) is 0 Å². The molecule has 1 heterocycles. The predicted molar refractivity (Wildman–Crippen MR) is 89.4 cm³/mol. The highest BCUT2D eigenvalue weighted by Gasteiger charge is 2.33. The predicted octanol–water partition coefficient (Wildman–Crippen LogP) is 2.86. The van der Waals surface area contributed by atoms with Gasteiger partial charge in [0, 0.05) is 6.54 Å². The summed E-state index contributed by atoms with van der Waals surface area (Å²) in [6.45, 7) is 3.09. The zero-order chi connectivity index (χ0) is 16.3. The van der Waals surface area contributed by atoms with E-state index in [1.165, 1.54) is 18.1 Å². The number of carbonyl (C=O) groups is 2. The molecule has 0 N–H and O–H groups in total. The van der Waals surface area contributed by atoms with Gasteiger partial charge < -0.3 is 9.64 Å². The first-order chi connectivity index (χ1) is 10.5. The molecule has 0 atom stereocenters. The van der Waals surface area contributed by atoms with Crippen molar-refractivity contribution >= 4 is 46.5 Å². The Labute approximate surface area is 139 Å². The van der Waals surface area contributed by atoms with Gasteiger partial charge in [-0.25, -0.2) is 4.79 Å². The van der Waals surface area contributed by atoms with Crippen LogP contribution in [0.5, 0.6) is 0 Å². The zero-order valence-electron chi connectivity index (χ0n) is 12.5. The maximum atomic E-state index is 12.2. The second-order valence-electron chi connectivity index (χ2n) is 4.94. The molecule has 0 aliphatic carbocycles. The first-order valence-electron chi connectivity index (χ1n) is 6.99. The van der Waals surface area contributed by atoms with Crippen molar-refractivity contribution in [1.82, 2.24) is 4.90 Å². The molecule has 1 saturated heterocycles. The van der Waals surface area contributed by atoms with Crippen LogP contribution in [-0.2, 0) is 9.53 Å². The summed E-state index contributed by atoms with van der Waals surface area (Å²) in [6.07, 6.45) is 2.00. The lowest BCUT2D eigenvalue weighted by Crippen LogP contribution is -2.33. The van der Waals surface area contributed by atoms with Crippen molar-refractivity contribution in [2.75, 3.05) is 25.1 Å². The largest absolute Gasteiger partial charge is 0.465 e. The number of amides is 1. The summed E-state index contributed by atoms with van der Waals surface area (Å²) in [4.78, 5) is 27.3. The normalized spacial score (nSPS) is 14.7. The van der Waals surface area contributed by atoms with Crippen molar-refractivity contribution < 1.29 is 14.3 Å². The minimum absolute atomic E-state index is 0.112. The minimum Gasteiger partial charge on any atom is -0.465 e. The molecule has 1 fully saturated rings. The van der Waals surface area contributed by atoms with E-state index >= 15 is 0 Å². The highest BCUT2D eigenvalue weighted by Crippen LogP contribution is 2.27. The first-order valence-corrected chi connectivity index (χ1v) is 7.78.